The summed E-state index contributed by atoms with van der Waals surface area (Å²) in [5.74, 6) is 0. The molecule has 2 heteroatoms. The van der Waals surface area contributed by atoms with Gasteiger partial charge in [0.05, 0.1) is 5.41 Å². The number of aliphatic hydroxyl groups excluding tert-OH is 1. The van der Waals surface area contributed by atoms with E-state index in [2.05, 4.69) is 13.2 Å². The molecule has 0 aromatic carbocycles. The van der Waals surface area contributed by atoms with Crippen molar-refractivity contribution in [3.63, 3.8) is 0 Å². The third-order valence-corrected chi connectivity index (χ3v) is 2.11. The van der Waals surface area contributed by atoms with E-state index in [4.69, 9.17) is 5.11 Å². The Morgan fingerprint density at radius 2 is 1.73 bits per heavy atom. The highest BCUT2D eigenvalue weighted by Crippen LogP contribution is 2.50. The monoisotopic (exact) mass is 210 g/mol. The maximum Gasteiger partial charge on any atom is 0.130 e. The Kier molecular flexibility index (Phi) is 10.2. The molecule has 0 saturated heterocycles. The van der Waals surface area contributed by atoms with Gasteiger partial charge in [-0.25, -0.2) is 0 Å². The molecule has 1 rings (SSSR count). The standard InChI is InChI=1S/C10H12O.C2H6.CH4O/c1-3-5-9(4-2)10(8-11)6-7-10;2*1-2/h3-5,8H,1-2,6-7H2;1-2H3;2H,1H3/b9-5+;;. The minimum atomic E-state index is -0.198. The van der Waals surface area contributed by atoms with E-state index in [0.717, 1.165) is 31.8 Å². The van der Waals surface area contributed by atoms with E-state index in [1.807, 2.05) is 19.9 Å². The largest absolute Gasteiger partial charge is 0.400 e. The van der Waals surface area contributed by atoms with Crippen molar-refractivity contribution >= 4 is 6.29 Å². The van der Waals surface area contributed by atoms with E-state index in [1.165, 1.54) is 0 Å². The Morgan fingerprint density at radius 3 is 1.93 bits per heavy atom. The quantitative estimate of drug-likeness (QED) is 0.572. The van der Waals surface area contributed by atoms with E-state index in [1.54, 1.807) is 12.2 Å². The molecule has 0 bridgehead atoms. The van der Waals surface area contributed by atoms with Crippen LogP contribution in [0.4, 0.5) is 0 Å². The second-order valence-electron chi connectivity index (χ2n) is 2.84. The van der Waals surface area contributed by atoms with Crippen LogP contribution in [0.15, 0.2) is 37.0 Å². The highest BCUT2D eigenvalue weighted by atomic mass is 16.2. The number of hydrogen-bond donors (Lipinski definition) is 1. The van der Waals surface area contributed by atoms with Crippen LogP contribution in [0.2, 0.25) is 0 Å². The summed E-state index contributed by atoms with van der Waals surface area (Å²) in [6.45, 7) is 11.2. The molecule has 2 nitrogen and oxygen atoms in total. The third-order valence-electron chi connectivity index (χ3n) is 2.11. The van der Waals surface area contributed by atoms with Crippen LogP contribution in [-0.4, -0.2) is 18.5 Å². The molecule has 0 aliphatic heterocycles. The lowest BCUT2D eigenvalue weighted by Crippen LogP contribution is -2.03. The van der Waals surface area contributed by atoms with Gasteiger partial charge in [0.25, 0.3) is 0 Å². The third kappa shape index (κ3) is 4.75. The lowest BCUT2D eigenvalue weighted by Gasteiger charge is -2.05. The normalized spacial score (nSPS) is 15.9. The van der Waals surface area contributed by atoms with Crippen molar-refractivity contribution in [1.82, 2.24) is 0 Å². The summed E-state index contributed by atoms with van der Waals surface area (Å²) in [5, 5.41) is 7.00. The molecule has 1 aliphatic rings. The smallest absolute Gasteiger partial charge is 0.130 e. The molecule has 0 aromatic rings. The van der Waals surface area contributed by atoms with Crippen LogP contribution in [0.1, 0.15) is 26.7 Å². The van der Waals surface area contributed by atoms with Gasteiger partial charge < -0.3 is 9.90 Å². The van der Waals surface area contributed by atoms with Gasteiger partial charge in [-0.2, -0.15) is 0 Å². The Balaban J connectivity index is 0. The number of allylic oxidation sites excluding steroid dienone is 4. The van der Waals surface area contributed by atoms with E-state index in [9.17, 15) is 4.79 Å². The molecule has 1 N–H and O–H groups in total. The average Bonchev–Trinajstić information content (AvgIpc) is 3.12. The van der Waals surface area contributed by atoms with Crippen LogP contribution in [-0.2, 0) is 4.79 Å². The Bertz CT molecular complexity index is 223. The minimum absolute atomic E-state index is 0.198. The number of aliphatic hydroxyl groups is 1. The number of carbonyl (C=O) groups excluding carboxylic acids is 1. The summed E-state index contributed by atoms with van der Waals surface area (Å²) in [5.41, 5.74) is 0.804. The van der Waals surface area contributed by atoms with Gasteiger partial charge in [0.2, 0.25) is 0 Å². The lowest BCUT2D eigenvalue weighted by atomic mass is 9.97. The first-order valence-corrected chi connectivity index (χ1v) is 5.16. The second-order valence-corrected chi connectivity index (χ2v) is 2.84. The molecule has 0 atom stereocenters. The van der Waals surface area contributed by atoms with Gasteiger partial charge >= 0.3 is 0 Å². The van der Waals surface area contributed by atoms with Gasteiger partial charge in [0.15, 0.2) is 0 Å². The number of carbonyl (C=O) groups is 1. The number of rotatable bonds is 4. The molecule has 86 valence electrons. The first kappa shape index (κ1) is 16.3. The number of aldehydes is 1. The van der Waals surface area contributed by atoms with Crippen LogP contribution in [0.3, 0.4) is 0 Å². The SMILES string of the molecule is C=C/C=C(\C=C)C1(C=O)CC1.CC.CO. The second kappa shape index (κ2) is 9.41. The Morgan fingerprint density at radius 1 is 1.27 bits per heavy atom. The predicted molar refractivity (Wildman–Crippen MR) is 65.7 cm³/mol. The van der Waals surface area contributed by atoms with E-state index in [-0.39, 0.29) is 5.41 Å². The highest BCUT2D eigenvalue weighted by Gasteiger charge is 2.44. The summed E-state index contributed by atoms with van der Waals surface area (Å²) in [6.07, 6.45) is 8.23. The summed E-state index contributed by atoms with van der Waals surface area (Å²) in [7, 11) is 1.00. The van der Waals surface area contributed by atoms with Gasteiger partial charge in [0.1, 0.15) is 6.29 Å². The molecule has 0 radical (unpaired) electrons. The first-order chi connectivity index (χ1) is 7.29. The van der Waals surface area contributed by atoms with Crippen molar-refractivity contribution in [2.24, 2.45) is 5.41 Å². The van der Waals surface area contributed by atoms with Crippen molar-refractivity contribution < 1.29 is 9.90 Å². The average molecular weight is 210 g/mol. The molecule has 15 heavy (non-hydrogen) atoms. The van der Waals surface area contributed by atoms with Crippen LogP contribution >= 0.6 is 0 Å². The van der Waals surface area contributed by atoms with E-state index >= 15 is 0 Å². The van der Waals surface area contributed by atoms with Gasteiger partial charge in [-0.05, 0) is 18.4 Å². The molecule has 0 unspecified atom stereocenters. The molecule has 1 aliphatic carbocycles. The zero-order valence-corrected chi connectivity index (χ0v) is 9.99. The van der Waals surface area contributed by atoms with Crippen LogP contribution in [0.25, 0.3) is 0 Å². The fourth-order valence-corrected chi connectivity index (χ4v) is 1.17. The lowest BCUT2D eigenvalue weighted by molar-refractivity contribution is -0.111. The van der Waals surface area contributed by atoms with Crippen LogP contribution in [0, 0.1) is 5.41 Å². The highest BCUT2D eigenvalue weighted by molar-refractivity contribution is 5.71. The summed E-state index contributed by atoms with van der Waals surface area (Å²) < 4.78 is 0. The van der Waals surface area contributed by atoms with Gasteiger partial charge in [-0.15, -0.1) is 0 Å². The van der Waals surface area contributed by atoms with Crippen molar-refractivity contribution in [3.8, 4) is 0 Å². The van der Waals surface area contributed by atoms with Gasteiger partial charge in [0, 0.05) is 7.11 Å². The fraction of sp³-hybridized carbons (Fsp3) is 0.462. The van der Waals surface area contributed by atoms with Crippen LogP contribution in [0.5, 0.6) is 0 Å². The fourth-order valence-electron chi connectivity index (χ4n) is 1.17. The summed E-state index contributed by atoms with van der Waals surface area (Å²) >= 11 is 0. The van der Waals surface area contributed by atoms with Crippen molar-refractivity contribution in [2.75, 3.05) is 7.11 Å². The zero-order chi connectivity index (χ0) is 12.3. The van der Waals surface area contributed by atoms with Gasteiger partial charge in [-0.1, -0.05) is 45.2 Å². The zero-order valence-electron chi connectivity index (χ0n) is 9.99. The van der Waals surface area contributed by atoms with Gasteiger partial charge in [-0.3, -0.25) is 0 Å². The maximum atomic E-state index is 10.6. The summed E-state index contributed by atoms with van der Waals surface area (Å²) in [6, 6.07) is 0. The van der Waals surface area contributed by atoms with Crippen molar-refractivity contribution in [1.29, 1.82) is 0 Å². The molecule has 1 saturated carbocycles. The molecular formula is C13H22O2. The van der Waals surface area contributed by atoms with E-state index in [0.29, 0.717) is 0 Å². The Hall–Kier alpha value is -1.15. The molecule has 0 heterocycles. The van der Waals surface area contributed by atoms with E-state index < -0.39 is 0 Å². The van der Waals surface area contributed by atoms with Crippen LogP contribution < -0.4 is 0 Å². The molecule has 0 amide bonds. The summed E-state index contributed by atoms with van der Waals surface area (Å²) in [4.78, 5) is 10.6. The first-order valence-electron chi connectivity index (χ1n) is 5.16. The Labute approximate surface area is 93.0 Å². The molecule has 0 spiro atoms. The molecule has 0 aromatic heterocycles. The minimum Gasteiger partial charge on any atom is -0.400 e. The number of hydrogen-bond acceptors (Lipinski definition) is 2. The molecular weight excluding hydrogens is 188 g/mol. The van der Waals surface area contributed by atoms with Crippen molar-refractivity contribution in [3.05, 3.63) is 37.0 Å². The topological polar surface area (TPSA) is 37.3 Å². The van der Waals surface area contributed by atoms with Crippen molar-refractivity contribution in [2.45, 2.75) is 26.7 Å². The predicted octanol–water partition coefficient (Wildman–Crippen LogP) is 2.90. The molecule has 1 fully saturated rings. The maximum absolute atomic E-state index is 10.6.